The Morgan fingerprint density at radius 3 is 2.80 bits per heavy atom. The number of carboxylic acid groups (broad SMARTS) is 1. The molecule has 0 saturated heterocycles. The summed E-state index contributed by atoms with van der Waals surface area (Å²) in [6.07, 6.45) is 3.77. The van der Waals surface area contributed by atoms with Gasteiger partial charge in [0.25, 0.3) is 5.91 Å². The van der Waals surface area contributed by atoms with Crippen LogP contribution in [0.25, 0.3) is 10.9 Å². The lowest BCUT2D eigenvalue weighted by atomic mass is 10.1. The summed E-state index contributed by atoms with van der Waals surface area (Å²) in [5.41, 5.74) is 1.61. The number of rotatable bonds is 5. The molecule has 1 fully saturated rings. The number of nitrogens with zero attached hydrogens (tertiary/aromatic N) is 1. The third-order valence-corrected chi connectivity index (χ3v) is 3.62. The fourth-order valence-electron chi connectivity index (χ4n) is 2.40. The second-order valence-electron chi connectivity index (χ2n) is 5.15. The van der Waals surface area contributed by atoms with Crippen molar-refractivity contribution in [2.45, 2.75) is 25.3 Å². The highest BCUT2D eigenvalue weighted by Crippen LogP contribution is 2.29. The summed E-state index contributed by atoms with van der Waals surface area (Å²) in [7, 11) is 0. The number of hydrogen-bond acceptors (Lipinski definition) is 2. The second kappa shape index (κ2) is 5.00. The molecule has 3 rings (SSSR count). The third kappa shape index (κ3) is 2.52. The van der Waals surface area contributed by atoms with Gasteiger partial charge in [-0.1, -0.05) is 0 Å². The first-order chi connectivity index (χ1) is 9.65. The minimum atomic E-state index is -0.871. The lowest BCUT2D eigenvalue weighted by Gasteiger charge is -2.21. The fourth-order valence-corrected chi connectivity index (χ4v) is 2.40. The summed E-state index contributed by atoms with van der Waals surface area (Å²) in [4.78, 5) is 28.0. The number of carbonyl (C=O) groups excluding carboxylic acids is 1. The Balaban J connectivity index is 1.82. The van der Waals surface area contributed by atoms with E-state index in [-0.39, 0.29) is 24.9 Å². The van der Waals surface area contributed by atoms with Crippen molar-refractivity contribution in [1.82, 2.24) is 9.88 Å². The van der Waals surface area contributed by atoms with Crippen molar-refractivity contribution in [3.63, 3.8) is 0 Å². The van der Waals surface area contributed by atoms with Crippen LogP contribution in [0.2, 0.25) is 0 Å². The minimum Gasteiger partial charge on any atom is -0.481 e. The first-order valence-electron chi connectivity index (χ1n) is 6.75. The van der Waals surface area contributed by atoms with Crippen LogP contribution in [0.1, 0.15) is 29.6 Å². The SMILES string of the molecule is O=C(O)CCN(C(=O)c1ccc2[nH]ccc2c1)C1CC1. The van der Waals surface area contributed by atoms with Crippen molar-refractivity contribution >= 4 is 22.8 Å². The predicted octanol–water partition coefficient (Wildman–Crippen LogP) is 2.25. The highest BCUT2D eigenvalue weighted by molar-refractivity contribution is 5.98. The van der Waals surface area contributed by atoms with Gasteiger partial charge in [-0.3, -0.25) is 9.59 Å². The lowest BCUT2D eigenvalue weighted by molar-refractivity contribution is -0.137. The van der Waals surface area contributed by atoms with Crippen LogP contribution in [0.4, 0.5) is 0 Å². The molecule has 5 nitrogen and oxygen atoms in total. The first-order valence-corrected chi connectivity index (χ1v) is 6.75. The molecule has 1 heterocycles. The zero-order valence-corrected chi connectivity index (χ0v) is 11.0. The summed E-state index contributed by atoms with van der Waals surface area (Å²) in [5, 5.41) is 9.78. The van der Waals surface area contributed by atoms with Crippen LogP contribution in [0.3, 0.4) is 0 Å². The number of fused-ring (bicyclic) bond motifs is 1. The maximum atomic E-state index is 12.5. The largest absolute Gasteiger partial charge is 0.481 e. The average Bonchev–Trinajstić information content (AvgIpc) is 3.15. The Labute approximate surface area is 116 Å². The number of aromatic nitrogens is 1. The number of H-pyrrole nitrogens is 1. The molecule has 0 spiro atoms. The third-order valence-electron chi connectivity index (χ3n) is 3.62. The number of carbonyl (C=O) groups is 2. The molecular weight excluding hydrogens is 256 g/mol. The Kier molecular flexibility index (Phi) is 3.18. The molecule has 1 aliphatic carbocycles. The van der Waals surface area contributed by atoms with Gasteiger partial charge in [0.15, 0.2) is 0 Å². The van der Waals surface area contributed by atoms with Crippen LogP contribution in [-0.2, 0) is 4.79 Å². The molecule has 5 heteroatoms. The van der Waals surface area contributed by atoms with E-state index in [9.17, 15) is 9.59 Å². The van der Waals surface area contributed by atoms with Gasteiger partial charge < -0.3 is 15.0 Å². The van der Waals surface area contributed by atoms with Gasteiger partial charge in [0.2, 0.25) is 0 Å². The second-order valence-corrected chi connectivity index (χ2v) is 5.15. The summed E-state index contributed by atoms with van der Waals surface area (Å²) in [6, 6.07) is 7.65. The molecule has 0 aliphatic heterocycles. The van der Waals surface area contributed by atoms with E-state index in [1.807, 2.05) is 24.4 Å². The number of nitrogens with one attached hydrogen (secondary N) is 1. The van der Waals surface area contributed by atoms with Crippen molar-refractivity contribution in [2.75, 3.05) is 6.54 Å². The highest BCUT2D eigenvalue weighted by Gasteiger charge is 2.33. The Bertz CT molecular complexity index is 658. The lowest BCUT2D eigenvalue weighted by Crippen LogP contribution is -2.34. The molecule has 1 aromatic heterocycles. The van der Waals surface area contributed by atoms with E-state index in [1.165, 1.54) is 0 Å². The maximum absolute atomic E-state index is 12.5. The van der Waals surface area contributed by atoms with E-state index in [0.29, 0.717) is 5.56 Å². The molecule has 0 atom stereocenters. The van der Waals surface area contributed by atoms with Crippen molar-refractivity contribution in [2.24, 2.45) is 0 Å². The quantitative estimate of drug-likeness (QED) is 0.876. The van der Waals surface area contributed by atoms with Crippen LogP contribution in [-0.4, -0.2) is 39.5 Å². The number of amides is 1. The molecule has 1 saturated carbocycles. The van der Waals surface area contributed by atoms with E-state index in [1.54, 1.807) is 11.0 Å². The zero-order valence-electron chi connectivity index (χ0n) is 11.0. The first kappa shape index (κ1) is 12.7. The van der Waals surface area contributed by atoms with Gasteiger partial charge in [-0.2, -0.15) is 0 Å². The average molecular weight is 272 g/mol. The Morgan fingerprint density at radius 1 is 1.30 bits per heavy atom. The highest BCUT2D eigenvalue weighted by atomic mass is 16.4. The van der Waals surface area contributed by atoms with Gasteiger partial charge in [0.05, 0.1) is 6.42 Å². The molecule has 20 heavy (non-hydrogen) atoms. The summed E-state index contributed by atoms with van der Waals surface area (Å²) in [5.74, 6) is -0.943. The van der Waals surface area contributed by atoms with Crippen LogP contribution in [0.15, 0.2) is 30.5 Å². The monoisotopic (exact) mass is 272 g/mol. The van der Waals surface area contributed by atoms with Gasteiger partial charge >= 0.3 is 5.97 Å². The minimum absolute atomic E-state index is 0.00532. The topological polar surface area (TPSA) is 73.4 Å². The van der Waals surface area contributed by atoms with Crippen LogP contribution >= 0.6 is 0 Å². The number of benzene rings is 1. The van der Waals surface area contributed by atoms with E-state index >= 15 is 0 Å². The van der Waals surface area contributed by atoms with E-state index in [0.717, 1.165) is 23.7 Å². The van der Waals surface area contributed by atoms with Crippen molar-refractivity contribution in [3.8, 4) is 0 Å². The maximum Gasteiger partial charge on any atom is 0.305 e. The predicted molar refractivity (Wildman–Crippen MR) is 74.6 cm³/mol. The summed E-state index contributed by atoms with van der Waals surface area (Å²) >= 11 is 0. The molecule has 0 bridgehead atoms. The molecule has 2 N–H and O–H groups in total. The van der Waals surface area contributed by atoms with Gasteiger partial charge in [-0.05, 0) is 37.1 Å². The molecule has 0 unspecified atom stereocenters. The van der Waals surface area contributed by atoms with E-state index < -0.39 is 5.97 Å². The Hall–Kier alpha value is -2.30. The van der Waals surface area contributed by atoms with Gasteiger partial charge in [-0.15, -0.1) is 0 Å². The van der Waals surface area contributed by atoms with Gasteiger partial charge in [-0.25, -0.2) is 0 Å². The number of aromatic amines is 1. The smallest absolute Gasteiger partial charge is 0.305 e. The van der Waals surface area contributed by atoms with Crippen molar-refractivity contribution in [1.29, 1.82) is 0 Å². The standard InChI is InChI=1S/C15H16N2O3/c18-14(19)6-8-17(12-2-3-12)15(20)11-1-4-13-10(9-11)5-7-16-13/h1,4-5,7,9,12,16H,2-3,6,8H2,(H,18,19). The van der Waals surface area contributed by atoms with Crippen LogP contribution < -0.4 is 0 Å². The van der Waals surface area contributed by atoms with E-state index in [4.69, 9.17) is 5.11 Å². The number of aliphatic carboxylic acids is 1. The van der Waals surface area contributed by atoms with Crippen LogP contribution in [0, 0.1) is 0 Å². The number of carboxylic acids is 1. The van der Waals surface area contributed by atoms with Gasteiger partial charge in [0, 0.05) is 35.2 Å². The van der Waals surface area contributed by atoms with Crippen molar-refractivity contribution in [3.05, 3.63) is 36.0 Å². The van der Waals surface area contributed by atoms with Gasteiger partial charge in [0.1, 0.15) is 0 Å². The molecule has 1 aromatic carbocycles. The molecule has 104 valence electrons. The zero-order chi connectivity index (χ0) is 14.1. The van der Waals surface area contributed by atoms with E-state index in [2.05, 4.69) is 4.98 Å². The molecular formula is C15H16N2O3. The van der Waals surface area contributed by atoms with Crippen LogP contribution in [0.5, 0.6) is 0 Å². The molecule has 1 aliphatic rings. The normalized spacial score (nSPS) is 14.4. The number of hydrogen-bond donors (Lipinski definition) is 2. The Morgan fingerprint density at radius 2 is 2.10 bits per heavy atom. The summed E-state index contributed by atoms with van der Waals surface area (Å²) < 4.78 is 0. The van der Waals surface area contributed by atoms with Crippen molar-refractivity contribution < 1.29 is 14.7 Å². The summed E-state index contributed by atoms with van der Waals surface area (Å²) in [6.45, 7) is 0.282. The molecule has 0 radical (unpaired) electrons. The fraction of sp³-hybridized carbons (Fsp3) is 0.333. The molecule has 1 amide bonds. The molecule has 2 aromatic rings.